The molecule has 1 aromatic heterocycles. The Bertz CT molecular complexity index is 1010. The van der Waals surface area contributed by atoms with Crippen molar-refractivity contribution in [1.82, 2.24) is 15.8 Å². The minimum absolute atomic E-state index is 0.190. The molecule has 0 aliphatic carbocycles. The molecule has 0 unspecified atom stereocenters. The van der Waals surface area contributed by atoms with Crippen LogP contribution in [0.5, 0.6) is 0 Å². The zero-order chi connectivity index (χ0) is 21.0. The Morgan fingerprint density at radius 1 is 1.00 bits per heavy atom. The van der Waals surface area contributed by atoms with E-state index >= 15 is 0 Å². The summed E-state index contributed by atoms with van der Waals surface area (Å²) in [6.07, 6.45) is 0. The van der Waals surface area contributed by atoms with Crippen LogP contribution in [0.25, 0.3) is 11.0 Å². The largest absolute Gasteiger partial charge is 0.451 e. The number of hydrazine groups is 1. The topological polar surface area (TPSA) is 74.6 Å². The van der Waals surface area contributed by atoms with Gasteiger partial charge in [-0.15, -0.1) is 0 Å². The van der Waals surface area contributed by atoms with Gasteiger partial charge in [0.05, 0.1) is 0 Å². The van der Waals surface area contributed by atoms with Gasteiger partial charge in [0, 0.05) is 29.1 Å². The van der Waals surface area contributed by atoms with Crippen LogP contribution in [0.1, 0.15) is 52.8 Å². The van der Waals surface area contributed by atoms with Crippen molar-refractivity contribution in [1.29, 1.82) is 0 Å². The Morgan fingerprint density at radius 3 is 2.28 bits per heavy atom. The third-order valence-corrected chi connectivity index (χ3v) is 5.08. The maximum absolute atomic E-state index is 12.4. The number of aryl methyl sites for hydroxylation is 1. The summed E-state index contributed by atoms with van der Waals surface area (Å²) in [7, 11) is 0. The van der Waals surface area contributed by atoms with E-state index in [1.807, 2.05) is 37.3 Å². The number of hydrogen-bond acceptors (Lipinski definition) is 4. The molecule has 0 bridgehead atoms. The van der Waals surface area contributed by atoms with E-state index in [9.17, 15) is 9.59 Å². The van der Waals surface area contributed by atoms with E-state index in [2.05, 4.69) is 36.5 Å². The predicted octanol–water partition coefficient (Wildman–Crippen LogP) is 4.05. The molecule has 0 saturated carbocycles. The van der Waals surface area contributed by atoms with Crippen molar-refractivity contribution in [2.75, 3.05) is 6.54 Å². The second kappa shape index (κ2) is 8.92. The highest BCUT2D eigenvalue weighted by Gasteiger charge is 2.18. The third-order valence-electron chi connectivity index (χ3n) is 5.08. The molecule has 2 N–H and O–H groups in total. The van der Waals surface area contributed by atoms with E-state index < -0.39 is 5.91 Å². The van der Waals surface area contributed by atoms with Gasteiger partial charge in [-0.25, -0.2) is 0 Å². The molecule has 3 aromatic rings. The molecule has 1 heterocycles. The van der Waals surface area contributed by atoms with Gasteiger partial charge in [0.2, 0.25) is 0 Å². The predicted molar refractivity (Wildman–Crippen MR) is 114 cm³/mol. The highest BCUT2D eigenvalue weighted by Crippen LogP contribution is 2.24. The molecule has 0 aliphatic heterocycles. The van der Waals surface area contributed by atoms with E-state index in [1.165, 1.54) is 0 Å². The van der Waals surface area contributed by atoms with Crippen LogP contribution in [0, 0.1) is 6.92 Å². The molecule has 0 spiro atoms. The van der Waals surface area contributed by atoms with Crippen LogP contribution in [-0.4, -0.2) is 29.3 Å². The normalized spacial score (nSPS) is 11.2. The smallest absolute Gasteiger partial charge is 0.305 e. The molecule has 152 valence electrons. The maximum Gasteiger partial charge on any atom is 0.305 e. The molecule has 0 saturated heterocycles. The maximum atomic E-state index is 12.4. The monoisotopic (exact) mass is 393 g/mol. The first-order valence-corrected chi connectivity index (χ1v) is 9.82. The van der Waals surface area contributed by atoms with Crippen LogP contribution in [0.3, 0.4) is 0 Å². The van der Waals surface area contributed by atoms with Gasteiger partial charge < -0.3 is 4.42 Å². The highest BCUT2D eigenvalue weighted by atomic mass is 16.3. The summed E-state index contributed by atoms with van der Waals surface area (Å²) in [4.78, 5) is 27.1. The van der Waals surface area contributed by atoms with Crippen LogP contribution < -0.4 is 10.9 Å². The van der Waals surface area contributed by atoms with Crippen molar-refractivity contribution in [3.63, 3.8) is 0 Å². The molecule has 2 aromatic carbocycles. The number of carbonyl (C=O) groups is 2. The lowest BCUT2D eigenvalue weighted by atomic mass is 10.1. The number of carbonyl (C=O) groups excluding carboxylic acids is 2. The van der Waals surface area contributed by atoms with E-state index in [0.29, 0.717) is 17.2 Å². The van der Waals surface area contributed by atoms with Crippen LogP contribution >= 0.6 is 0 Å². The fourth-order valence-electron chi connectivity index (χ4n) is 3.29. The van der Waals surface area contributed by atoms with Gasteiger partial charge in [-0.1, -0.05) is 37.3 Å². The van der Waals surface area contributed by atoms with E-state index in [0.717, 1.165) is 29.6 Å². The number of hydrogen-bond donors (Lipinski definition) is 2. The molecule has 0 fully saturated rings. The molecule has 0 radical (unpaired) electrons. The lowest BCUT2D eigenvalue weighted by Crippen LogP contribution is -2.41. The summed E-state index contributed by atoms with van der Waals surface area (Å²) < 4.78 is 5.61. The number of rotatable bonds is 6. The number of nitrogens with one attached hydrogen (secondary N) is 2. The molecule has 6 nitrogen and oxygen atoms in total. The summed E-state index contributed by atoms with van der Waals surface area (Å²) >= 11 is 0. The molecule has 6 heteroatoms. The highest BCUT2D eigenvalue weighted by molar-refractivity contribution is 6.01. The third kappa shape index (κ3) is 4.66. The zero-order valence-corrected chi connectivity index (χ0v) is 17.3. The minimum Gasteiger partial charge on any atom is -0.451 e. The van der Waals surface area contributed by atoms with Crippen molar-refractivity contribution >= 4 is 22.8 Å². The Morgan fingerprint density at radius 2 is 1.66 bits per heavy atom. The van der Waals surface area contributed by atoms with Crippen LogP contribution in [0.15, 0.2) is 52.9 Å². The van der Waals surface area contributed by atoms with Gasteiger partial charge in [0.15, 0.2) is 5.76 Å². The second-order valence-electron chi connectivity index (χ2n) is 7.31. The van der Waals surface area contributed by atoms with Crippen molar-refractivity contribution in [3.05, 3.63) is 71.0 Å². The zero-order valence-electron chi connectivity index (χ0n) is 17.3. The van der Waals surface area contributed by atoms with Crippen LogP contribution in [0.2, 0.25) is 0 Å². The molecule has 0 aliphatic rings. The average molecular weight is 393 g/mol. The van der Waals surface area contributed by atoms with Crippen molar-refractivity contribution in [2.45, 2.75) is 40.3 Å². The van der Waals surface area contributed by atoms with Crippen molar-refractivity contribution in [2.24, 2.45) is 0 Å². The Balaban J connectivity index is 1.61. The number of fused-ring (bicyclic) bond motifs is 1. The fraction of sp³-hybridized carbons (Fsp3) is 0.304. The minimum atomic E-state index is -0.487. The lowest BCUT2D eigenvalue weighted by molar-refractivity contribution is 0.0831. The van der Waals surface area contributed by atoms with E-state index in [4.69, 9.17) is 4.42 Å². The first-order chi connectivity index (χ1) is 13.9. The van der Waals surface area contributed by atoms with Gasteiger partial charge in [-0.3, -0.25) is 25.3 Å². The SMILES string of the molecule is CCN(Cc1ccc(C(=O)NNC(=O)c2oc3ccccc3c2C)cc1)C(C)C. The molecule has 2 amide bonds. The molecule has 29 heavy (non-hydrogen) atoms. The first-order valence-electron chi connectivity index (χ1n) is 9.82. The molecular formula is C23H27N3O3. The second-order valence-corrected chi connectivity index (χ2v) is 7.31. The van der Waals surface area contributed by atoms with Crippen molar-refractivity contribution in [3.8, 4) is 0 Å². The Hall–Kier alpha value is -3.12. The average Bonchev–Trinajstić information content (AvgIpc) is 3.07. The molecule has 3 rings (SSSR count). The lowest BCUT2D eigenvalue weighted by Gasteiger charge is -2.24. The Labute approximate surface area is 170 Å². The molecule has 0 atom stereocenters. The number of para-hydroxylation sites is 1. The van der Waals surface area contributed by atoms with Gasteiger partial charge in [0.25, 0.3) is 5.91 Å². The van der Waals surface area contributed by atoms with Gasteiger partial charge in [-0.2, -0.15) is 0 Å². The summed E-state index contributed by atoms with van der Waals surface area (Å²) in [6, 6.07) is 15.3. The summed E-state index contributed by atoms with van der Waals surface area (Å²) in [5, 5.41) is 0.877. The first kappa shape index (κ1) is 20.6. The molecular weight excluding hydrogens is 366 g/mol. The van der Waals surface area contributed by atoms with E-state index in [1.54, 1.807) is 18.2 Å². The number of furan rings is 1. The standard InChI is InChI=1S/C23H27N3O3/c1-5-26(15(2)3)14-17-10-12-18(13-11-17)22(27)24-25-23(28)21-16(4)19-8-6-7-9-20(19)29-21/h6-13,15H,5,14H2,1-4H3,(H,24,27)(H,25,28). The fourth-order valence-corrected chi connectivity index (χ4v) is 3.29. The summed E-state index contributed by atoms with van der Waals surface area (Å²) in [5.41, 5.74) is 7.87. The Kier molecular flexibility index (Phi) is 6.34. The number of benzene rings is 2. The number of amides is 2. The van der Waals surface area contributed by atoms with Crippen LogP contribution in [-0.2, 0) is 6.54 Å². The van der Waals surface area contributed by atoms with E-state index in [-0.39, 0.29) is 11.7 Å². The van der Waals surface area contributed by atoms with Gasteiger partial charge >= 0.3 is 5.91 Å². The van der Waals surface area contributed by atoms with Crippen LogP contribution in [0.4, 0.5) is 0 Å². The van der Waals surface area contributed by atoms with Gasteiger partial charge in [-0.05, 0) is 51.1 Å². The quantitative estimate of drug-likeness (QED) is 0.620. The number of nitrogens with zero attached hydrogens (tertiary/aromatic N) is 1. The summed E-state index contributed by atoms with van der Waals surface area (Å²) in [5.74, 6) is -0.677. The van der Waals surface area contributed by atoms with Crippen molar-refractivity contribution < 1.29 is 14.0 Å². The summed E-state index contributed by atoms with van der Waals surface area (Å²) in [6.45, 7) is 10.1. The van der Waals surface area contributed by atoms with Gasteiger partial charge in [0.1, 0.15) is 5.58 Å².